The van der Waals surface area contributed by atoms with Crippen LogP contribution >= 0.6 is 11.6 Å². The minimum Gasteiger partial charge on any atom is -0.350 e. The lowest BCUT2D eigenvalue weighted by Gasteiger charge is -2.22. The number of carbonyl (C=O) groups is 1. The molecule has 1 unspecified atom stereocenters. The van der Waals surface area contributed by atoms with Crippen molar-refractivity contribution in [2.24, 2.45) is 0 Å². The maximum Gasteiger partial charge on any atom is 0.277 e. The summed E-state index contributed by atoms with van der Waals surface area (Å²) in [5, 5.41) is 3.82. The van der Waals surface area contributed by atoms with Gasteiger partial charge in [-0.3, -0.25) is 4.79 Å². The SMILES string of the molecule is CC1Cc2ccccc2N1C(=O)c1ccnc(NCc2ccccc2Cl)n1. The van der Waals surface area contributed by atoms with Crippen molar-refractivity contribution in [3.05, 3.63) is 82.6 Å². The summed E-state index contributed by atoms with van der Waals surface area (Å²) >= 11 is 6.18. The van der Waals surface area contributed by atoms with Crippen molar-refractivity contribution in [3.8, 4) is 0 Å². The molecule has 4 rings (SSSR count). The highest BCUT2D eigenvalue weighted by molar-refractivity contribution is 6.31. The van der Waals surface area contributed by atoms with Crippen LogP contribution in [0, 0.1) is 0 Å². The number of amides is 1. The first kappa shape index (κ1) is 17.5. The molecule has 1 aliphatic heterocycles. The quantitative estimate of drug-likeness (QED) is 0.734. The Labute approximate surface area is 163 Å². The van der Waals surface area contributed by atoms with E-state index in [0.717, 1.165) is 17.7 Å². The van der Waals surface area contributed by atoms with Crippen molar-refractivity contribution in [2.75, 3.05) is 10.2 Å². The Kier molecular flexibility index (Phi) is 4.77. The molecule has 136 valence electrons. The fraction of sp³-hybridized carbons (Fsp3) is 0.190. The lowest BCUT2D eigenvalue weighted by molar-refractivity contribution is 0.0976. The lowest BCUT2D eigenvalue weighted by Crippen LogP contribution is -2.36. The van der Waals surface area contributed by atoms with Crippen LogP contribution in [0.1, 0.15) is 28.5 Å². The van der Waals surface area contributed by atoms with E-state index in [9.17, 15) is 4.79 Å². The first-order valence-corrected chi connectivity index (χ1v) is 9.23. The van der Waals surface area contributed by atoms with Crippen LogP contribution in [0.4, 0.5) is 11.6 Å². The van der Waals surface area contributed by atoms with Gasteiger partial charge in [-0.05, 0) is 42.7 Å². The van der Waals surface area contributed by atoms with E-state index in [4.69, 9.17) is 11.6 Å². The van der Waals surface area contributed by atoms with Gasteiger partial charge in [0.15, 0.2) is 0 Å². The van der Waals surface area contributed by atoms with Gasteiger partial charge in [0, 0.05) is 29.5 Å². The number of aromatic nitrogens is 2. The van der Waals surface area contributed by atoms with Crippen molar-refractivity contribution in [3.63, 3.8) is 0 Å². The van der Waals surface area contributed by atoms with E-state index in [-0.39, 0.29) is 11.9 Å². The molecule has 1 amide bonds. The molecular weight excluding hydrogens is 360 g/mol. The van der Waals surface area contributed by atoms with Gasteiger partial charge in [0.05, 0.1) is 0 Å². The van der Waals surface area contributed by atoms with E-state index in [1.165, 1.54) is 5.56 Å². The van der Waals surface area contributed by atoms with Crippen LogP contribution < -0.4 is 10.2 Å². The number of benzene rings is 2. The van der Waals surface area contributed by atoms with Crippen molar-refractivity contribution >= 4 is 29.1 Å². The van der Waals surface area contributed by atoms with E-state index in [1.807, 2.05) is 47.4 Å². The zero-order valence-corrected chi connectivity index (χ0v) is 15.6. The lowest BCUT2D eigenvalue weighted by atomic mass is 10.1. The van der Waals surface area contributed by atoms with Gasteiger partial charge in [0.1, 0.15) is 5.69 Å². The van der Waals surface area contributed by atoms with Gasteiger partial charge < -0.3 is 10.2 Å². The Morgan fingerprint density at radius 1 is 1.19 bits per heavy atom. The predicted molar refractivity (Wildman–Crippen MR) is 107 cm³/mol. The molecule has 1 aromatic heterocycles. The monoisotopic (exact) mass is 378 g/mol. The van der Waals surface area contributed by atoms with Crippen LogP contribution in [0.5, 0.6) is 0 Å². The number of rotatable bonds is 4. The third-order valence-electron chi connectivity index (χ3n) is 4.70. The zero-order valence-electron chi connectivity index (χ0n) is 14.9. The minimum absolute atomic E-state index is 0.101. The number of hydrogen-bond acceptors (Lipinski definition) is 4. The average molecular weight is 379 g/mol. The number of carbonyl (C=O) groups excluding carboxylic acids is 1. The smallest absolute Gasteiger partial charge is 0.277 e. The van der Waals surface area contributed by atoms with Gasteiger partial charge in [-0.25, -0.2) is 9.97 Å². The second kappa shape index (κ2) is 7.37. The second-order valence-electron chi connectivity index (χ2n) is 6.57. The maximum absolute atomic E-state index is 13.1. The van der Waals surface area contributed by atoms with Crippen molar-refractivity contribution in [1.82, 2.24) is 9.97 Å². The number of fused-ring (bicyclic) bond motifs is 1. The van der Waals surface area contributed by atoms with Crippen LogP contribution in [0.2, 0.25) is 5.02 Å². The molecule has 6 heteroatoms. The molecule has 2 aromatic carbocycles. The fourth-order valence-corrected chi connectivity index (χ4v) is 3.58. The molecule has 1 atom stereocenters. The number of halogens is 1. The highest BCUT2D eigenvalue weighted by atomic mass is 35.5. The van der Waals surface area contributed by atoms with Gasteiger partial charge in [-0.1, -0.05) is 48.0 Å². The summed E-state index contributed by atoms with van der Waals surface area (Å²) in [6.07, 6.45) is 2.45. The molecule has 0 fully saturated rings. The standard InChI is InChI=1S/C21H19ClN4O/c1-14-12-15-6-3-5-9-19(15)26(14)20(27)18-10-11-23-21(25-18)24-13-16-7-2-4-8-17(16)22/h2-11,14H,12-13H2,1H3,(H,23,24,25). The molecule has 3 aromatic rings. The van der Waals surface area contributed by atoms with Gasteiger partial charge in [0.2, 0.25) is 5.95 Å². The first-order valence-electron chi connectivity index (χ1n) is 8.85. The molecule has 0 radical (unpaired) electrons. The third-order valence-corrected chi connectivity index (χ3v) is 5.06. The van der Waals surface area contributed by atoms with Gasteiger partial charge >= 0.3 is 0 Å². The van der Waals surface area contributed by atoms with Crippen molar-refractivity contribution in [2.45, 2.75) is 25.9 Å². The second-order valence-corrected chi connectivity index (χ2v) is 6.97. The van der Waals surface area contributed by atoms with Crippen LogP contribution in [-0.2, 0) is 13.0 Å². The van der Waals surface area contributed by atoms with Gasteiger partial charge in [0.25, 0.3) is 5.91 Å². The maximum atomic E-state index is 13.1. The number of nitrogens with one attached hydrogen (secondary N) is 1. The zero-order chi connectivity index (χ0) is 18.8. The normalized spacial score (nSPS) is 15.5. The van der Waals surface area contributed by atoms with E-state index in [0.29, 0.717) is 23.2 Å². The van der Waals surface area contributed by atoms with Crippen LogP contribution in [-0.4, -0.2) is 21.9 Å². The van der Waals surface area contributed by atoms with Crippen LogP contribution in [0.25, 0.3) is 0 Å². The van der Waals surface area contributed by atoms with E-state index in [2.05, 4.69) is 28.3 Å². The summed E-state index contributed by atoms with van der Waals surface area (Å²) in [4.78, 5) is 23.5. The molecule has 1 aliphatic rings. The summed E-state index contributed by atoms with van der Waals surface area (Å²) in [6, 6.07) is 17.3. The van der Waals surface area contributed by atoms with Crippen LogP contribution in [0.15, 0.2) is 60.8 Å². The van der Waals surface area contributed by atoms with Gasteiger partial charge in [-0.2, -0.15) is 0 Å². The highest BCUT2D eigenvalue weighted by Gasteiger charge is 2.31. The molecule has 0 bridgehead atoms. The summed E-state index contributed by atoms with van der Waals surface area (Å²) in [7, 11) is 0. The Bertz CT molecular complexity index is 991. The molecule has 0 saturated heterocycles. The van der Waals surface area contributed by atoms with E-state index >= 15 is 0 Å². The number of hydrogen-bond donors (Lipinski definition) is 1. The number of nitrogens with zero attached hydrogens (tertiary/aromatic N) is 3. The Morgan fingerprint density at radius 2 is 1.96 bits per heavy atom. The number of para-hydroxylation sites is 1. The highest BCUT2D eigenvalue weighted by Crippen LogP contribution is 2.32. The molecule has 2 heterocycles. The largest absolute Gasteiger partial charge is 0.350 e. The summed E-state index contributed by atoms with van der Waals surface area (Å²) in [6.45, 7) is 2.54. The number of anilines is 2. The third kappa shape index (κ3) is 3.51. The molecular formula is C21H19ClN4O. The predicted octanol–water partition coefficient (Wildman–Crippen LogP) is 4.33. The molecule has 1 N–H and O–H groups in total. The molecule has 0 spiro atoms. The fourth-order valence-electron chi connectivity index (χ4n) is 3.38. The summed E-state index contributed by atoms with van der Waals surface area (Å²) in [5.74, 6) is 0.288. The molecule has 0 aliphatic carbocycles. The Hall–Kier alpha value is -2.92. The van der Waals surface area contributed by atoms with E-state index in [1.54, 1.807) is 12.3 Å². The summed E-state index contributed by atoms with van der Waals surface area (Å²) in [5.41, 5.74) is 3.46. The molecule has 5 nitrogen and oxygen atoms in total. The van der Waals surface area contributed by atoms with Gasteiger partial charge in [-0.15, -0.1) is 0 Å². The van der Waals surface area contributed by atoms with Crippen LogP contribution in [0.3, 0.4) is 0 Å². The Morgan fingerprint density at radius 3 is 2.81 bits per heavy atom. The van der Waals surface area contributed by atoms with Crippen molar-refractivity contribution in [1.29, 1.82) is 0 Å². The summed E-state index contributed by atoms with van der Waals surface area (Å²) < 4.78 is 0. The minimum atomic E-state index is -0.115. The molecule has 27 heavy (non-hydrogen) atoms. The Balaban J connectivity index is 1.54. The topological polar surface area (TPSA) is 58.1 Å². The van der Waals surface area contributed by atoms with Crippen molar-refractivity contribution < 1.29 is 4.79 Å². The average Bonchev–Trinajstić information content (AvgIpc) is 3.02. The first-order chi connectivity index (χ1) is 13.1. The van der Waals surface area contributed by atoms with E-state index < -0.39 is 0 Å². The molecule has 0 saturated carbocycles.